The first-order chi connectivity index (χ1) is 11.3. The number of aromatic nitrogens is 1. The fourth-order valence-electron chi connectivity index (χ4n) is 2.85. The van der Waals surface area contributed by atoms with Crippen molar-refractivity contribution >= 4 is 22.6 Å². The normalized spacial score (nSPS) is 17.5. The van der Waals surface area contributed by atoms with Gasteiger partial charge in [-0.3, -0.25) is 0 Å². The van der Waals surface area contributed by atoms with Crippen LogP contribution in [-0.4, -0.2) is 43.6 Å². The third-order valence-electron chi connectivity index (χ3n) is 4.08. The average Bonchev–Trinajstić information content (AvgIpc) is 3.20. The van der Waals surface area contributed by atoms with Gasteiger partial charge in [-0.15, -0.1) is 0 Å². The van der Waals surface area contributed by atoms with E-state index in [4.69, 9.17) is 9.47 Å². The van der Waals surface area contributed by atoms with Gasteiger partial charge in [0.05, 0.1) is 12.7 Å². The molecule has 124 valence electrons. The Hall–Kier alpha value is -2.05. The number of hydrogen-bond donors (Lipinski definition) is 2. The van der Waals surface area contributed by atoms with E-state index in [0.29, 0.717) is 13.2 Å². The van der Waals surface area contributed by atoms with Gasteiger partial charge in [0.2, 0.25) is 0 Å². The number of fused-ring (bicyclic) bond motifs is 1. The van der Waals surface area contributed by atoms with Crippen molar-refractivity contribution in [3.8, 4) is 0 Å². The highest BCUT2D eigenvalue weighted by Gasteiger charge is 2.16. The largest absolute Gasteiger partial charge is 0.383 e. The molecule has 0 bridgehead atoms. The SMILES string of the molecule is COCCn1ccc2cc(NC(=O)NCC3CCCO3)ccc21. The summed E-state index contributed by atoms with van der Waals surface area (Å²) in [6, 6.07) is 7.75. The van der Waals surface area contributed by atoms with Gasteiger partial charge in [0.1, 0.15) is 0 Å². The summed E-state index contributed by atoms with van der Waals surface area (Å²) in [5, 5.41) is 6.82. The molecule has 1 atom stereocenters. The Balaban J connectivity index is 1.58. The van der Waals surface area contributed by atoms with Crippen LogP contribution in [0.4, 0.5) is 10.5 Å². The number of nitrogens with one attached hydrogen (secondary N) is 2. The molecular formula is C17H23N3O3. The molecule has 23 heavy (non-hydrogen) atoms. The smallest absolute Gasteiger partial charge is 0.319 e. The fourth-order valence-corrected chi connectivity index (χ4v) is 2.85. The minimum atomic E-state index is -0.196. The van der Waals surface area contributed by atoms with Gasteiger partial charge in [-0.1, -0.05) is 0 Å². The molecule has 2 heterocycles. The second-order valence-electron chi connectivity index (χ2n) is 5.75. The predicted octanol–water partition coefficient (Wildman–Crippen LogP) is 2.59. The number of methoxy groups -OCH3 is 1. The molecule has 6 nitrogen and oxygen atoms in total. The van der Waals surface area contributed by atoms with Crippen molar-refractivity contribution in [1.29, 1.82) is 0 Å². The highest BCUT2D eigenvalue weighted by Crippen LogP contribution is 2.20. The predicted molar refractivity (Wildman–Crippen MR) is 89.8 cm³/mol. The summed E-state index contributed by atoms with van der Waals surface area (Å²) < 4.78 is 12.7. The number of hydrogen-bond acceptors (Lipinski definition) is 3. The molecule has 2 N–H and O–H groups in total. The monoisotopic (exact) mass is 317 g/mol. The summed E-state index contributed by atoms with van der Waals surface area (Å²) in [5.41, 5.74) is 1.92. The Labute approximate surface area is 135 Å². The summed E-state index contributed by atoms with van der Waals surface area (Å²) in [4.78, 5) is 12.0. The molecule has 1 aliphatic rings. The van der Waals surface area contributed by atoms with Gasteiger partial charge in [-0.25, -0.2) is 4.79 Å². The molecule has 1 aliphatic heterocycles. The van der Waals surface area contributed by atoms with Crippen LogP contribution in [-0.2, 0) is 16.0 Å². The Morgan fingerprint density at radius 2 is 2.35 bits per heavy atom. The fraction of sp³-hybridized carbons (Fsp3) is 0.471. The Bertz CT molecular complexity index is 662. The van der Waals surface area contributed by atoms with Gasteiger partial charge >= 0.3 is 6.03 Å². The van der Waals surface area contributed by atoms with E-state index in [1.165, 1.54) is 0 Å². The molecule has 0 radical (unpaired) electrons. The highest BCUT2D eigenvalue weighted by atomic mass is 16.5. The van der Waals surface area contributed by atoms with E-state index in [2.05, 4.69) is 15.2 Å². The lowest BCUT2D eigenvalue weighted by Crippen LogP contribution is -2.35. The number of anilines is 1. The van der Waals surface area contributed by atoms with Crippen LogP contribution in [0, 0.1) is 0 Å². The molecule has 0 spiro atoms. The zero-order valence-corrected chi connectivity index (χ0v) is 13.4. The van der Waals surface area contributed by atoms with Crippen LogP contribution in [0.2, 0.25) is 0 Å². The molecule has 6 heteroatoms. The Kier molecular flexibility index (Phi) is 5.15. The van der Waals surface area contributed by atoms with Crippen LogP contribution in [0.15, 0.2) is 30.5 Å². The first-order valence-electron chi connectivity index (χ1n) is 8.00. The zero-order valence-electron chi connectivity index (χ0n) is 13.4. The molecule has 0 saturated carbocycles. The summed E-state index contributed by atoms with van der Waals surface area (Å²) in [6.45, 7) is 2.84. The first-order valence-corrected chi connectivity index (χ1v) is 8.00. The number of rotatable bonds is 6. The Morgan fingerprint density at radius 3 is 3.13 bits per heavy atom. The van der Waals surface area contributed by atoms with Crippen LogP contribution in [0.25, 0.3) is 10.9 Å². The molecule has 3 rings (SSSR count). The number of carbonyl (C=O) groups excluding carboxylic acids is 1. The molecule has 2 amide bonds. The molecule has 1 saturated heterocycles. The second-order valence-corrected chi connectivity index (χ2v) is 5.75. The van der Waals surface area contributed by atoms with Crippen LogP contribution >= 0.6 is 0 Å². The minimum Gasteiger partial charge on any atom is -0.383 e. The first kappa shape index (κ1) is 15.8. The van der Waals surface area contributed by atoms with Crippen molar-refractivity contribution in [3.63, 3.8) is 0 Å². The van der Waals surface area contributed by atoms with E-state index in [-0.39, 0.29) is 12.1 Å². The summed E-state index contributed by atoms with van der Waals surface area (Å²) in [7, 11) is 1.70. The lowest BCUT2D eigenvalue weighted by molar-refractivity contribution is 0.112. The van der Waals surface area contributed by atoms with Crippen LogP contribution in [0.3, 0.4) is 0 Å². The summed E-state index contributed by atoms with van der Waals surface area (Å²) in [5.74, 6) is 0. The van der Waals surface area contributed by atoms with Crippen molar-refractivity contribution < 1.29 is 14.3 Å². The minimum absolute atomic E-state index is 0.151. The number of nitrogens with zero attached hydrogens (tertiary/aromatic N) is 1. The lowest BCUT2D eigenvalue weighted by Gasteiger charge is -2.12. The molecular weight excluding hydrogens is 294 g/mol. The molecule has 1 unspecified atom stereocenters. The van der Waals surface area contributed by atoms with Gasteiger partial charge in [0.25, 0.3) is 0 Å². The van der Waals surface area contributed by atoms with Gasteiger partial charge < -0.3 is 24.7 Å². The topological polar surface area (TPSA) is 64.5 Å². The maximum atomic E-state index is 12.0. The van der Waals surface area contributed by atoms with E-state index in [1.807, 2.05) is 30.5 Å². The Morgan fingerprint density at radius 1 is 1.43 bits per heavy atom. The number of carbonyl (C=O) groups is 1. The van der Waals surface area contributed by atoms with Gasteiger partial charge in [0.15, 0.2) is 0 Å². The van der Waals surface area contributed by atoms with E-state index >= 15 is 0 Å². The van der Waals surface area contributed by atoms with Crippen LogP contribution in [0.1, 0.15) is 12.8 Å². The number of ether oxygens (including phenoxy) is 2. The standard InChI is InChI=1S/C17H23N3O3/c1-22-10-8-20-7-6-13-11-14(4-5-16(13)20)19-17(21)18-12-15-3-2-9-23-15/h4-7,11,15H,2-3,8-10,12H2,1H3,(H2,18,19,21). The molecule has 1 aromatic carbocycles. The zero-order chi connectivity index (χ0) is 16.1. The van der Waals surface area contributed by atoms with Crippen LogP contribution < -0.4 is 10.6 Å². The second kappa shape index (κ2) is 7.48. The van der Waals surface area contributed by atoms with Gasteiger partial charge in [-0.05, 0) is 37.1 Å². The highest BCUT2D eigenvalue weighted by molar-refractivity contribution is 5.92. The van der Waals surface area contributed by atoms with Crippen LogP contribution in [0.5, 0.6) is 0 Å². The molecule has 0 aliphatic carbocycles. The number of urea groups is 1. The van der Waals surface area contributed by atoms with E-state index in [1.54, 1.807) is 7.11 Å². The third-order valence-corrected chi connectivity index (χ3v) is 4.08. The molecule has 1 aromatic heterocycles. The van der Waals surface area contributed by atoms with Crippen molar-refractivity contribution in [1.82, 2.24) is 9.88 Å². The van der Waals surface area contributed by atoms with Crippen molar-refractivity contribution in [2.45, 2.75) is 25.5 Å². The summed E-state index contributed by atoms with van der Waals surface area (Å²) in [6.07, 6.45) is 4.27. The van der Waals surface area contributed by atoms with Crippen molar-refractivity contribution in [2.75, 3.05) is 32.2 Å². The molecule has 1 fully saturated rings. The quantitative estimate of drug-likeness (QED) is 0.861. The maximum Gasteiger partial charge on any atom is 0.319 e. The lowest BCUT2D eigenvalue weighted by atomic mass is 10.2. The average molecular weight is 317 g/mol. The van der Waals surface area contributed by atoms with Crippen molar-refractivity contribution in [2.24, 2.45) is 0 Å². The van der Waals surface area contributed by atoms with Crippen molar-refractivity contribution in [3.05, 3.63) is 30.5 Å². The van der Waals surface area contributed by atoms with E-state index in [9.17, 15) is 4.79 Å². The number of benzene rings is 1. The van der Waals surface area contributed by atoms with E-state index < -0.39 is 0 Å². The number of amides is 2. The summed E-state index contributed by atoms with van der Waals surface area (Å²) >= 11 is 0. The van der Waals surface area contributed by atoms with Gasteiger partial charge in [-0.2, -0.15) is 0 Å². The maximum absolute atomic E-state index is 12.0. The van der Waals surface area contributed by atoms with E-state index in [0.717, 1.165) is 42.6 Å². The third kappa shape index (κ3) is 4.03. The van der Waals surface area contributed by atoms with Gasteiger partial charge in [0, 0.05) is 49.6 Å². The molecule has 2 aromatic rings.